The summed E-state index contributed by atoms with van der Waals surface area (Å²) in [6, 6.07) is 8.42. The Balaban J connectivity index is 1.92. The molecule has 0 atom stereocenters. The first kappa shape index (κ1) is 15.4. The van der Waals surface area contributed by atoms with Crippen LogP contribution in [0.15, 0.2) is 24.3 Å². The van der Waals surface area contributed by atoms with Gasteiger partial charge in [0.2, 0.25) is 5.91 Å². The zero-order valence-corrected chi connectivity index (χ0v) is 11.3. The number of nitriles is 1. The number of benzene rings is 1. The highest BCUT2D eigenvalue weighted by Crippen LogP contribution is 2.39. The molecular weight excluding hydrogens is 281 g/mol. The molecule has 1 amide bonds. The Morgan fingerprint density at radius 3 is 2.48 bits per heavy atom. The van der Waals surface area contributed by atoms with Crippen molar-refractivity contribution in [2.45, 2.75) is 31.9 Å². The van der Waals surface area contributed by atoms with Crippen LogP contribution in [0.1, 0.15) is 31.2 Å². The Morgan fingerprint density at radius 2 is 1.90 bits per heavy atom. The third kappa shape index (κ3) is 3.97. The molecule has 112 valence electrons. The standard InChI is InChI=1S/C15H15F3N2O/c16-15(17,18)12-6-4-11(5-7-12)14(21)20-13-3-1-2-10(8-13)9-19/h1-3,8,11-12H,4-7H2,(H,20,21). The zero-order valence-electron chi connectivity index (χ0n) is 11.3. The van der Waals surface area contributed by atoms with Gasteiger partial charge < -0.3 is 5.32 Å². The van der Waals surface area contributed by atoms with Crippen LogP contribution in [-0.4, -0.2) is 12.1 Å². The smallest absolute Gasteiger partial charge is 0.326 e. The third-order valence-corrected chi connectivity index (χ3v) is 3.82. The first-order valence-corrected chi connectivity index (χ1v) is 6.78. The average Bonchev–Trinajstić information content (AvgIpc) is 2.46. The number of anilines is 1. The minimum absolute atomic E-state index is 0.000177. The van der Waals surface area contributed by atoms with E-state index in [2.05, 4.69) is 5.32 Å². The van der Waals surface area contributed by atoms with E-state index in [-0.39, 0.29) is 31.6 Å². The second kappa shape index (κ2) is 6.17. The molecule has 1 aliphatic rings. The van der Waals surface area contributed by atoms with Gasteiger partial charge in [-0.3, -0.25) is 4.79 Å². The van der Waals surface area contributed by atoms with E-state index < -0.39 is 18.0 Å². The van der Waals surface area contributed by atoms with Crippen LogP contribution in [0.5, 0.6) is 0 Å². The highest BCUT2D eigenvalue weighted by Gasteiger charge is 2.42. The van der Waals surface area contributed by atoms with E-state index in [1.165, 1.54) is 0 Å². The van der Waals surface area contributed by atoms with Gasteiger partial charge in [0, 0.05) is 11.6 Å². The maximum Gasteiger partial charge on any atom is 0.391 e. The molecule has 0 saturated heterocycles. The number of carbonyl (C=O) groups excluding carboxylic acids is 1. The number of nitrogens with one attached hydrogen (secondary N) is 1. The molecule has 1 N–H and O–H groups in total. The number of nitrogens with zero attached hydrogens (tertiary/aromatic N) is 1. The summed E-state index contributed by atoms with van der Waals surface area (Å²) < 4.78 is 37.7. The molecule has 1 aromatic rings. The fraction of sp³-hybridized carbons (Fsp3) is 0.467. The van der Waals surface area contributed by atoms with Gasteiger partial charge in [0.05, 0.1) is 17.6 Å². The Labute approximate surface area is 120 Å². The first-order valence-electron chi connectivity index (χ1n) is 6.78. The van der Waals surface area contributed by atoms with Gasteiger partial charge in [-0.25, -0.2) is 0 Å². The molecule has 3 nitrogen and oxygen atoms in total. The molecule has 2 rings (SSSR count). The second-order valence-electron chi connectivity index (χ2n) is 5.27. The van der Waals surface area contributed by atoms with Crippen molar-refractivity contribution in [2.75, 3.05) is 5.32 Å². The lowest BCUT2D eigenvalue weighted by molar-refractivity contribution is -0.184. The zero-order chi connectivity index (χ0) is 15.5. The summed E-state index contributed by atoms with van der Waals surface area (Å²) in [6.07, 6.45) is -3.68. The molecule has 0 radical (unpaired) electrons. The number of alkyl halides is 3. The van der Waals surface area contributed by atoms with E-state index in [4.69, 9.17) is 5.26 Å². The van der Waals surface area contributed by atoms with Crippen LogP contribution in [-0.2, 0) is 4.79 Å². The molecule has 21 heavy (non-hydrogen) atoms. The van der Waals surface area contributed by atoms with Crippen LogP contribution in [0.25, 0.3) is 0 Å². The van der Waals surface area contributed by atoms with Gasteiger partial charge in [0.15, 0.2) is 0 Å². The van der Waals surface area contributed by atoms with Crippen molar-refractivity contribution in [1.29, 1.82) is 5.26 Å². The topological polar surface area (TPSA) is 52.9 Å². The summed E-state index contributed by atoms with van der Waals surface area (Å²) in [5, 5.41) is 11.4. The fourth-order valence-corrected chi connectivity index (χ4v) is 2.59. The number of hydrogen-bond acceptors (Lipinski definition) is 2. The monoisotopic (exact) mass is 296 g/mol. The molecule has 0 aliphatic heterocycles. The largest absolute Gasteiger partial charge is 0.391 e. The molecule has 6 heteroatoms. The lowest BCUT2D eigenvalue weighted by Crippen LogP contribution is -2.32. The van der Waals surface area contributed by atoms with Crippen molar-refractivity contribution in [2.24, 2.45) is 11.8 Å². The highest BCUT2D eigenvalue weighted by molar-refractivity contribution is 5.92. The summed E-state index contributed by atoms with van der Waals surface area (Å²) in [5.41, 5.74) is 0.922. The van der Waals surface area contributed by atoms with Crippen LogP contribution in [0.2, 0.25) is 0 Å². The lowest BCUT2D eigenvalue weighted by Gasteiger charge is -2.29. The molecule has 0 heterocycles. The Bertz CT molecular complexity index is 555. The minimum atomic E-state index is -4.16. The van der Waals surface area contributed by atoms with E-state index in [1.54, 1.807) is 24.3 Å². The third-order valence-electron chi connectivity index (χ3n) is 3.82. The number of rotatable bonds is 2. The lowest BCUT2D eigenvalue weighted by atomic mass is 9.81. The normalized spacial score (nSPS) is 22.4. The maximum absolute atomic E-state index is 12.6. The number of carbonyl (C=O) groups is 1. The van der Waals surface area contributed by atoms with Crippen molar-refractivity contribution >= 4 is 11.6 Å². The molecule has 1 saturated carbocycles. The summed E-state index contributed by atoms with van der Waals surface area (Å²) in [7, 11) is 0. The van der Waals surface area contributed by atoms with Gasteiger partial charge in [-0.15, -0.1) is 0 Å². The highest BCUT2D eigenvalue weighted by atomic mass is 19.4. The van der Waals surface area contributed by atoms with Gasteiger partial charge in [0.25, 0.3) is 0 Å². The van der Waals surface area contributed by atoms with Crippen LogP contribution in [0, 0.1) is 23.2 Å². The second-order valence-corrected chi connectivity index (χ2v) is 5.27. The number of hydrogen-bond donors (Lipinski definition) is 1. The molecule has 1 aromatic carbocycles. The summed E-state index contributed by atoms with van der Waals surface area (Å²) in [5.74, 6) is -1.96. The van der Waals surface area contributed by atoms with Crippen molar-refractivity contribution < 1.29 is 18.0 Å². The summed E-state index contributed by atoms with van der Waals surface area (Å²) >= 11 is 0. The maximum atomic E-state index is 12.6. The van der Waals surface area contributed by atoms with E-state index in [0.29, 0.717) is 11.3 Å². The molecular formula is C15H15F3N2O. The molecule has 0 spiro atoms. The van der Waals surface area contributed by atoms with Gasteiger partial charge in [-0.05, 0) is 43.9 Å². The summed E-state index contributed by atoms with van der Waals surface area (Å²) in [4.78, 5) is 12.0. The van der Waals surface area contributed by atoms with Gasteiger partial charge in [0.1, 0.15) is 0 Å². The van der Waals surface area contributed by atoms with Crippen molar-refractivity contribution in [3.8, 4) is 6.07 Å². The molecule has 0 unspecified atom stereocenters. The molecule has 0 aromatic heterocycles. The fourth-order valence-electron chi connectivity index (χ4n) is 2.59. The predicted octanol–water partition coefficient (Wildman–Crippen LogP) is 3.87. The van der Waals surface area contributed by atoms with Crippen molar-refractivity contribution in [1.82, 2.24) is 0 Å². The number of amides is 1. The minimum Gasteiger partial charge on any atom is -0.326 e. The molecule has 1 aliphatic carbocycles. The first-order chi connectivity index (χ1) is 9.90. The van der Waals surface area contributed by atoms with Crippen LogP contribution < -0.4 is 5.32 Å². The van der Waals surface area contributed by atoms with Crippen LogP contribution >= 0.6 is 0 Å². The van der Waals surface area contributed by atoms with E-state index in [1.807, 2.05) is 6.07 Å². The van der Waals surface area contributed by atoms with E-state index in [0.717, 1.165) is 0 Å². The SMILES string of the molecule is N#Cc1cccc(NC(=O)C2CCC(C(F)(F)F)CC2)c1. The molecule has 1 fully saturated rings. The number of halogens is 3. The van der Waals surface area contributed by atoms with E-state index >= 15 is 0 Å². The Morgan fingerprint density at radius 1 is 1.24 bits per heavy atom. The average molecular weight is 296 g/mol. The summed E-state index contributed by atoms with van der Waals surface area (Å²) in [6.45, 7) is 0. The van der Waals surface area contributed by atoms with E-state index in [9.17, 15) is 18.0 Å². The van der Waals surface area contributed by atoms with Gasteiger partial charge >= 0.3 is 6.18 Å². The van der Waals surface area contributed by atoms with Gasteiger partial charge in [-0.1, -0.05) is 6.07 Å². The quantitative estimate of drug-likeness (QED) is 0.900. The predicted molar refractivity (Wildman–Crippen MR) is 71.3 cm³/mol. The Kier molecular flexibility index (Phi) is 4.51. The van der Waals surface area contributed by atoms with Crippen molar-refractivity contribution in [3.63, 3.8) is 0 Å². The van der Waals surface area contributed by atoms with Crippen LogP contribution in [0.4, 0.5) is 18.9 Å². The molecule has 0 bridgehead atoms. The van der Waals surface area contributed by atoms with Crippen LogP contribution in [0.3, 0.4) is 0 Å². The van der Waals surface area contributed by atoms with Crippen molar-refractivity contribution in [3.05, 3.63) is 29.8 Å². The Hall–Kier alpha value is -2.03. The van der Waals surface area contributed by atoms with Gasteiger partial charge in [-0.2, -0.15) is 18.4 Å².